The number of amides is 2. The van der Waals surface area contributed by atoms with Crippen molar-refractivity contribution in [3.63, 3.8) is 0 Å². The van der Waals surface area contributed by atoms with E-state index in [1.807, 2.05) is 37.3 Å². The van der Waals surface area contributed by atoms with Crippen molar-refractivity contribution < 1.29 is 27.1 Å². The first kappa shape index (κ1) is 34.6. The van der Waals surface area contributed by atoms with Gasteiger partial charge in [0.05, 0.1) is 17.2 Å². The largest absolute Gasteiger partial charge is 0.492 e. The van der Waals surface area contributed by atoms with Gasteiger partial charge in [0.15, 0.2) is 0 Å². The predicted octanol–water partition coefficient (Wildman–Crippen LogP) is 6.43. The van der Waals surface area contributed by atoms with Crippen LogP contribution in [0.4, 0.5) is 10.1 Å². The minimum Gasteiger partial charge on any atom is -0.492 e. The second kappa shape index (κ2) is 15.9. The first-order valence-corrected chi connectivity index (χ1v) is 17.8. The summed E-state index contributed by atoms with van der Waals surface area (Å²) in [5, 5.41) is 3.13. The highest BCUT2D eigenvalue weighted by atomic mass is 32.2. The van der Waals surface area contributed by atoms with Gasteiger partial charge in [0.2, 0.25) is 11.8 Å². The second-order valence-corrected chi connectivity index (χ2v) is 13.9. The number of anilines is 1. The Bertz CT molecular complexity index is 1790. The minimum atomic E-state index is -4.31. The molecule has 1 fully saturated rings. The fourth-order valence-corrected chi connectivity index (χ4v) is 7.45. The highest BCUT2D eigenvalue weighted by Gasteiger charge is 2.36. The summed E-state index contributed by atoms with van der Waals surface area (Å²) in [7, 11) is -4.31. The van der Waals surface area contributed by atoms with E-state index in [0.29, 0.717) is 0 Å². The summed E-state index contributed by atoms with van der Waals surface area (Å²) in [6, 6.07) is 27.3. The lowest BCUT2D eigenvalue weighted by molar-refractivity contribution is -0.140. The quantitative estimate of drug-likeness (QED) is 0.167. The first-order chi connectivity index (χ1) is 23.2. The van der Waals surface area contributed by atoms with Crippen LogP contribution in [-0.2, 0) is 32.6 Å². The molecule has 4 aromatic carbocycles. The monoisotopic (exact) mass is 671 g/mol. The number of aryl methyl sites for hydroxylation is 1. The summed E-state index contributed by atoms with van der Waals surface area (Å²) < 4.78 is 50.7. The Morgan fingerprint density at radius 3 is 2.23 bits per heavy atom. The second-order valence-electron chi connectivity index (χ2n) is 12.0. The van der Waals surface area contributed by atoms with Gasteiger partial charge in [0.1, 0.15) is 24.2 Å². The van der Waals surface area contributed by atoms with Crippen molar-refractivity contribution >= 4 is 27.5 Å². The number of hydrogen-bond donors (Lipinski definition) is 1. The van der Waals surface area contributed by atoms with Gasteiger partial charge in [-0.15, -0.1) is 0 Å². The third-order valence-electron chi connectivity index (χ3n) is 8.59. The zero-order chi connectivity index (χ0) is 34.1. The van der Waals surface area contributed by atoms with Crippen LogP contribution in [0.25, 0.3) is 0 Å². The number of hydrogen-bond acceptors (Lipinski definition) is 5. The maximum absolute atomic E-state index is 15.2. The number of nitrogens with one attached hydrogen (secondary N) is 1. The van der Waals surface area contributed by atoms with Gasteiger partial charge in [-0.1, -0.05) is 91.2 Å². The van der Waals surface area contributed by atoms with Crippen LogP contribution in [0, 0.1) is 12.7 Å². The average molecular weight is 672 g/mol. The van der Waals surface area contributed by atoms with Gasteiger partial charge in [-0.2, -0.15) is 0 Å². The number of carbonyl (C=O) groups excluding carboxylic acids is 2. The molecule has 0 bridgehead atoms. The molecule has 0 saturated heterocycles. The number of rotatable bonds is 14. The van der Waals surface area contributed by atoms with Crippen LogP contribution >= 0.6 is 0 Å². The van der Waals surface area contributed by atoms with Gasteiger partial charge in [0.25, 0.3) is 10.0 Å². The maximum atomic E-state index is 15.2. The normalized spacial score (nSPS) is 13.9. The van der Waals surface area contributed by atoms with Crippen LogP contribution in [0.1, 0.15) is 49.3 Å². The Morgan fingerprint density at radius 1 is 0.896 bits per heavy atom. The van der Waals surface area contributed by atoms with Crippen LogP contribution in [-0.4, -0.2) is 50.4 Å². The molecule has 8 nitrogen and oxygen atoms in total. The number of halogens is 1. The Labute approximate surface area is 282 Å². The fourth-order valence-electron chi connectivity index (χ4n) is 6.02. The zero-order valence-corrected chi connectivity index (χ0v) is 28.2. The van der Waals surface area contributed by atoms with E-state index in [9.17, 15) is 18.0 Å². The third kappa shape index (κ3) is 8.41. The smallest absolute Gasteiger partial charge is 0.264 e. The van der Waals surface area contributed by atoms with Crippen molar-refractivity contribution in [3.05, 3.63) is 126 Å². The molecule has 2 amide bonds. The van der Waals surface area contributed by atoms with E-state index >= 15 is 4.39 Å². The number of sulfonamides is 1. The molecule has 1 aliphatic carbocycles. The molecule has 0 radical (unpaired) electrons. The van der Waals surface area contributed by atoms with Crippen molar-refractivity contribution in [3.8, 4) is 5.75 Å². The number of carbonyl (C=O) groups is 2. The maximum Gasteiger partial charge on any atom is 0.264 e. The average Bonchev–Trinajstić information content (AvgIpc) is 3.60. The van der Waals surface area contributed by atoms with E-state index in [4.69, 9.17) is 4.74 Å². The molecule has 0 spiro atoms. The van der Waals surface area contributed by atoms with Crippen LogP contribution in [0.5, 0.6) is 5.75 Å². The van der Waals surface area contributed by atoms with Crippen LogP contribution < -0.4 is 14.4 Å². The van der Waals surface area contributed by atoms with Gasteiger partial charge in [-0.25, -0.2) is 12.8 Å². The van der Waals surface area contributed by atoms with Gasteiger partial charge in [-0.3, -0.25) is 13.9 Å². The molecule has 0 heterocycles. The van der Waals surface area contributed by atoms with Gasteiger partial charge in [0, 0.05) is 24.6 Å². The number of nitrogens with zero attached hydrogens (tertiary/aromatic N) is 2. The highest BCUT2D eigenvalue weighted by molar-refractivity contribution is 7.92. The third-order valence-corrected chi connectivity index (χ3v) is 10.4. The number of para-hydroxylation sites is 2. The molecular formula is C38H42FN3O5S. The first-order valence-electron chi connectivity index (χ1n) is 16.4. The van der Waals surface area contributed by atoms with E-state index in [0.717, 1.165) is 41.1 Å². The molecule has 4 aromatic rings. The minimum absolute atomic E-state index is 0.00679. The zero-order valence-electron chi connectivity index (χ0n) is 27.3. The molecule has 1 aliphatic rings. The molecule has 1 N–H and O–H groups in total. The molecule has 1 atom stereocenters. The molecule has 0 unspecified atom stereocenters. The van der Waals surface area contributed by atoms with Crippen LogP contribution in [0.2, 0.25) is 0 Å². The topological polar surface area (TPSA) is 96.0 Å². The Kier molecular flexibility index (Phi) is 11.5. The van der Waals surface area contributed by atoms with Crippen LogP contribution in [0.15, 0.2) is 108 Å². The highest BCUT2D eigenvalue weighted by Crippen LogP contribution is 2.33. The van der Waals surface area contributed by atoms with E-state index in [1.165, 1.54) is 23.1 Å². The molecular weight excluding hydrogens is 629 g/mol. The Morgan fingerprint density at radius 2 is 1.54 bits per heavy atom. The van der Waals surface area contributed by atoms with Gasteiger partial charge >= 0.3 is 0 Å². The lowest BCUT2D eigenvalue weighted by atomic mass is 10.0. The molecule has 252 valence electrons. The molecule has 10 heteroatoms. The molecule has 5 rings (SSSR count). The summed E-state index contributed by atoms with van der Waals surface area (Å²) in [5.41, 5.74) is 2.06. The molecule has 0 aliphatic heterocycles. The fraction of sp³-hybridized carbons (Fsp3) is 0.316. The molecule has 1 saturated carbocycles. The SMILES string of the molecule is CCOc1ccccc1N(CC(=O)N(Cc1ccccc1F)[C@H](Cc1ccccc1)C(=O)NC1CCCC1)S(=O)(=O)c1ccc(C)cc1. The van der Waals surface area contributed by atoms with E-state index in [1.54, 1.807) is 61.5 Å². The van der Waals surface area contributed by atoms with E-state index in [-0.39, 0.29) is 53.4 Å². The number of benzene rings is 4. The summed E-state index contributed by atoms with van der Waals surface area (Å²) >= 11 is 0. The Balaban J connectivity index is 1.60. The Hall–Kier alpha value is -4.70. The van der Waals surface area contributed by atoms with E-state index < -0.39 is 34.3 Å². The van der Waals surface area contributed by atoms with Crippen molar-refractivity contribution in [2.75, 3.05) is 17.5 Å². The lowest BCUT2D eigenvalue weighted by Gasteiger charge is -2.34. The van der Waals surface area contributed by atoms with Crippen LogP contribution in [0.3, 0.4) is 0 Å². The number of ether oxygens (including phenoxy) is 1. The predicted molar refractivity (Wildman–Crippen MR) is 185 cm³/mol. The van der Waals surface area contributed by atoms with Crippen molar-refractivity contribution in [1.82, 2.24) is 10.2 Å². The summed E-state index contributed by atoms with van der Waals surface area (Å²) in [4.78, 5) is 30.1. The van der Waals surface area contributed by atoms with Gasteiger partial charge in [-0.05, 0) is 62.6 Å². The summed E-state index contributed by atoms with van der Waals surface area (Å²) in [6.07, 6.45) is 3.82. The lowest BCUT2D eigenvalue weighted by Crippen LogP contribution is -2.54. The molecule has 0 aromatic heterocycles. The van der Waals surface area contributed by atoms with Crippen molar-refractivity contribution in [1.29, 1.82) is 0 Å². The standard InChI is InChI=1S/C38H42FN3O5S/c1-3-47-36-20-12-11-19-34(36)42(48(45,46)32-23-21-28(2)22-24-32)27-37(43)41(26-30-15-7-10-18-33(30)39)35(25-29-13-5-4-6-14-29)38(44)40-31-16-8-9-17-31/h4-7,10-15,18-24,31,35H,3,8-9,16-17,25-27H2,1-2H3,(H,40,44)/t35-/m1/s1. The van der Waals surface area contributed by atoms with Crippen molar-refractivity contribution in [2.45, 2.75) is 69.5 Å². The van der Waals surface area contributed by atoms with E-state index in [2.05, 4.69) is 5.32 Å². The van der Waals surface area contributed by atoms with Gasteiger partial charge < -0.3 is 15.0 Å². The summed E-state index contributed by atoms with van der Waals surface area (Å²) in [6.45, 7) is 3.01. The van der Waals surface area contributed by atoms with Crippen molar-refractivity contribution in [2.24, 2.45) is 0 Å². The molecule has 48 heavy (non-hydrogen) atoms. The summed E-state index contributed by atoms with van der Waals surface area (Å²) in [5.74, 6) is -1.28.